The lowest BCUT2D eigenvalue weighted by atomic mass is 9.84. The third-order valence-electron chi connectivity index (χ3n) is 3.82. The summed E-state index contributed by atoms with van der Waals surface area (Å²) in [5.41, 5.74) is 0. The number of hydrogen-bond donors (Lipinski definition) is 1. The minimum Gasteiger partial charge on any atom is -0.316 e. The highest BCUT2D eigenvalue weighted by molar-refractivity contribution is 7.88. The van der Waals surface area contributed by atoms with Crippen LogP contribution in [0.5, 0.6) is 0 Å². The average molecular weight is 271 g/mol. The van der Waals surface area contributed by atoms with Gasteiger partial charge in [-0.1, -0.05) is 19.4 Å². The van der Waals surface area contributed by atoms with Gasteiger partial charge in [0.1, 0.15) is 0 Å². The first-order valence-electron chi connectivity index (χ1n) is 6.37. The molecule has 2 nitrogen and oxygen atoms in total. The molecule has 0 radical (unpaired) electrons. The first kappa shape index (κ1) is 13.2. The van der Waals surface area contributed by atoms with E-state index in [0.29, 0.717) is 6.04 Å². The summed E-state index contributed by atoms with van der Waals surface area (Å²) >= 11 is 1.62. The molecule has 0 saturated heterocycles. The smallest absolute Gasteiger partial charge is 0.0914 e. The predicted molar refractivity (Wildman–Crippen MR) is 75.0 cm³/mol. The Morgan fingerprint density at radius 2 is 2.35 bits per heavy atom. The van der Waals surface area contributed by atoms with E-state index in [1.165, 1.54) is 12.8 Å². The molecule has 1 aromatic rings. The first-order chi connectivity index (χ1) is 8.26. The summed E-state index contributed by atoms with van der Waals surface area (Å²) in [6.45, 7) is 2.25. The van der Waals surface area contributed by atoms with Crippen LogP contribution < -0.4 is 5.32 Å². The second-order valence-electron chi connectivity index (χ2n) is 4.75. The summed E-state index contributed by atoms with van der Waals surface area (Å²) < 4.78 is 13.6. The molecule has 1 aromatic heterocycles. The molecule has 0 aromatic carbocycles. The Balaban J connectivity index is 2.12. The molecule has 1 heterocycles. The number of rotatable bonds is 4. The third kappa shape index (κ3) is 2.98. The van der Waals surface area contributed by atoms with Crippen molar-refractivity contribution in [2.24, 2.45) is 5.92 Å². The van der Waals surface area contributed by atoms with Crippen molar-refractivity contribution in [3.05, 3.63) is 17.5 Å². The van der Waals surface area contributed by atoms with Gasteiger partial charge in [0.25, 0.3) is 0 Å². The molecule has 0 spiro atoms. The van der Waals surface area contributed by atoms with E-state index in [2.05, 4.69) is 12.2 Å². The molecule has 4 unspecified atom stereocenters. The Morgan fingerprint density at radius 3 is 2.94 bits per heavy atom. The van der Waals surface area contributed by atoms with E-state index in [1.54, 1.807) is 11.3 Å². The van der Waals surface area contributed by atoms with Crippen LogP contribution in [0, 0.1) is 5.92 Å². The van der Waals surface area contributed by atoms with Gasteiger partial charge in [0.2, 0.25) is 0 Å². The van der Waals surface area contributed by atoms with Crippen LogP contribution in [0.1, 0.15) is 32.6 Å². The molecule has 96 valence electrons. The van der Waals surface area contributed by atoms with Gasteiger partial charge in [-0.2, -0.15) is 0 Å². The van der Waals surface area contributed by atoms with Gasteiger partial charge in [0, 0.05) is 6.04 Å². The summed E-state index contributed by atoms with van der Waals surface area (Å²) in [5, 5.41) is 5.66. The molecule has 4 atom stereocenters. The molecular formula is C13H21NOS2. The Morgan fingerprint density at radius 1 is 1.53 bits per heavy atom. The van der Waals surface area contributed by atoms with Gasteiger partial charge >= 0.3 is 0 Å². The highest BCUT2D eigenvalue weighted by atomic mass is 32.2. The van der Waals surface area contributed by atoms with Crippen LogP contribution in [-0.4, -0.2) is 22.5 Å². The quantitative estimate of drug-likeness (QED) is 0.912. The van der Waals surface area contributed by atoms with Gasteiger partial charge in [0.15, 0.2) is 0 Å². The van der Waals surface area contributed by atoms with E-state index >= 15 is 0 Å². The van der Waals surface area contributed by atoms with Crippen molar-refractivity contribution in [1.82, 2.24) is 5.32 Å². The molecule has 1 aliphatic carbocycles. The maximum absolute atomic E-state index is 12.6. The van der Waals surface area contributed by atoms with Gasteiger partial charge in [-0.3, -0.25) is 4.21 Å². The molecule has 1 fully saturated rings. The summed E-state index contributed by atoms with van der Waals surface area (Å²) in [4.78, 5) is 0. The topological polar surface area (TPSA) is 29.1 Å². The number of nitrogens with one attached hydrogen (secondary N) is 1. The van der Waals surface area contributed by atoms with E-state index < -0.39 is 10.8 Å². The highest BCUT2D eigenvalue weighted by Crippen LogP contribution is 2.32. The molecule has 17 heavy (non-hydrogen) atoms. The van der Waals surface area contributed by atoms with Gasteiger partial charge in [-0.15, -0.1) is 11.3 Å². The van der Waals surface area contributed by atoms with Crippen LogP contribution in [0.15, 0.2) is 21.7 Å². The van der Waals surface area contributed by atoms with Crippen molar-refractivity contribution in [1.29, 1.82) is 0 Å². The second kappa shape index (κ2) is 6.12. The Labute approximate surface area is 110 Å². The minimum absolute atomic E-state index is 0.289. The van der Waals surface area contributed by atoms with E-state index in [-0.39, 0.29) is 5.25 Å². The van der Waals surface area contributed by atoms with Crippen molar-refractivity contribution in [2.75, 3.05) is 7.05 Å². The molecule has 0 bridgehead atoms. The van der Waals surface area contributed by atoms with Crippen molar-refractivity contribution >= 4 is 22.1 Å². The second-order valence-corrected chi connectivity index (χ2v) is 7.60. The van der Waals surface area contributed by atoms with Crippen molar-refractivity contribution in [3.8, 4) is 0 Å². The largest absolute Gasteiger partial charge is 0.316 e. The summed E-state index contributed by atoms with van der Waals surface area (Å²) in [6.07, 6.45) is 4.76. The molecule has 2 rings (SSSR count). The summed E-state index contributed by atoms with van der Waals surface area (Å²) in [5.74, 6) is 0.758. The zero-order chi connectivity index (χ0) is 12.3. The lowest BCUT2D eigenvalue weighted by molar-refractivity contribution is 0.301. The molecule has 1 N–H and O–H groups in total. The lowest BCUT2D eigenvalue weighted by Crippen LogP contribution is -2.44. The minimum atomic E-state index is -0.835. The van der Waals surface area contributed by atoms with Crippen LogP contribution in [-0.2, 0) is 10.8 Å². The van der Waals surface area contributed by atoms with E-state index in [1.807, 2.05) is 24.6 Å². The predicted octanol–water partition coefficient (Wildman–Crippen LogP) is 3.02. The van der Waals surface area contributed by atoms with Gasteiger partial charge in [-0.05, 0) is 43.7 Å². The molecular weight excluding hydrogens is 250 g/mol. The first-order valence-corrected chi connectivity index (χ1v) is 8.46. The van der Waals surface area contributed by atoms with E-state index in [9.17, 15) is 4.21 Å². The Bertz CT molecular complexity index is 364. The summed E-state index contributed by atoms with van der Waals surface area (Å²) in [6, 6.07) is 4.41. The molecule has 0 amide bonds. The van der Waals surface area contributed by atoms with Gasteiger partial charge < -0.3 is 5.32 Å². The number of thiophene rings is 1. The third-order valence-corrected chi connectivity index (χ3v) is 6.86. The summed E-state index contributed by atoms with van der Waals surface area (Å²) in [7, 11) is 1.16. The van der Waals surface area contributed by atoms with Crippen LogP contribution in [0.4, 0.5) is 0 Å². The Kier molecular flexibility index (Phi) is 4.77. The van der Waals surface area contributed by atoms with E-state index in [0.717, 1.165) is 23.0 Å². The van der Waals surface area contributed by atoms with Crippen molar-refractivity contribution in [3.63, 3.8) is 0 Å². The fraction of sp³-hybridized carbons (Fsp3) is 0.692. The standard InChI is InChI=1S/C13H21NOS2/c1-3-10-6-7-11(14-2)12(9-10)17(15)13-5-4-8-16-13/h4-5,8,10-12,14H,3,6-7,9H2,1-2H3. The van der Waals surface area contributed by atoms with Crippen molar-refractivity contribution < 1.29 is 4.21 Å². The van der Waals surface area contributed by atoms with Gasteiger partial charge in [-0.25, -0.2) is 0 Å². The highest BCUT2D eigenvalue weighted by Gasteiger charge is 2.33. The monoisotopic (exact) mass is 271 g/mol. The Hall–Kier alpha value is -0.190. The molecule has 0 aliphatic heterocycles. The maximum atomic E-state index is 12.6. The number of hydrogen-bond acceptors (Lipinski definition) is 3. The molecule has 1 aliphatic rings. The fourth-order valence-corrected chi connectivity index (χ4v) is 5.57. The maximum Gasteiger partial charge on any atom is 0.0914 e. The SMILES string of the molecule is CCC1CCC(NC)C(S(=O)c2cccs2)C1. The van der Waals surface area contributed by atoms with Crippen LogP contribution >= 0.6 is 11.3 Å². The lowest BCUT2D eigenvalue weighted by Gasteiger charge is -2.34. The van der Waals surface area contributed by atoms with Crippen LogP contribution in [0.3, 0.4) is 0 Å². The van der Waals surface area contributed by atoms with Gasteiger partial charge in [0.05, 0.1) is 20.3 Å². The van der Waals surface area contributed by atoms with Crippen LogP contribution in [0.2, 0.25) is 0 Å². The van der Waals surface area contributed by atoms with E-state index in [4.69, 9.17) is 0 Å². The average Bonchev–Trinajstić information content (AvgIpc) is 2.91. The zero-order valence-corrected chi connectivity index (χ0v) is 12.2. The normalized spacial score (nSPS) is 31.3. The molecule has 1 saturated carbocycles. The zero-order valence-electron chi connectivity index (χ0n) is 10.5. The molecule has 4 heteroatoms. The van der Waals surface area contributed by atoms with Crippen molar-refractivity contribution in [2.45, 2.75) is 48.1 Å². The van der Waals surface area contributed by atoms with Crippen LogP contribution in [0.25, 0.3) is 0 Å². The fourth-order valence-electron chi connectivity index (χ4n) is 2.68.